The van der Waals surface area contributed by atoms with Crippen LogP contribution >= 0.6 is 0 Å². The standard InChI is InChI=1S/C14H27F3N2/c1-3-19(10-12-6-4-7-12)13(2,11-18)8-5-9-14(15,16)17/h12H,3-11,18H2,1-2H3. The molecule has 19 heavy (non-hydrogen) atoms. The molecule has 1 rings (SSSR count). The summed E-state index contributed by atoms with van der Waals surface area (Å²) in [7, 11) is 0. The Morgan fingerprint density at radius 3 is 2.21 bits per heavy atom. The third-order valence-electron chi connectivity index (χ3n) is 4.46. The molecule has 1 unspecified atom stereocenters. The second-order valence-electron chi connectivity index (χ2n) is 6.01. The largest absolute Gasteiger partial charge is 0.389 e. The van der Waals surface area contributed by atoms with Crippen molar-refractivity contribution < 1.29 is 13.2 Å². The Bertz CT molecular complexity index is 264. The molecule has 2 nitrogen and oxygen atoms in total. The number of hydrogen-bond donors (Lipinski definition) is 1. The van der Waals surface area contributed by atoms with Gasteiger partial charge in [-0.15, -0.1) is 0 Å². The molecule has 5 heteroatoms. The monoisotopic (exact) mass is 280 g/mol. The molecule has 0 bridgehead atoms. The molecule has 1 aliphatic rings. The summed E-state index contributed by atoms with van der Waals surface area (Å²) >= 11 is 0. The van der Waals surface area contributed by atoms with Crippen molar-refractivity contribution in [3.8, 4) is 0 Å². The van der Waals surface area contributed by atoms with Gasteiger partial charge in [0.2, 0.25) is 0 Å². The van der Waals surface area contributed by atoms with Gasteiger partial charge in [0, 0.05) is 25.0 Å². The highest BCUT2D eigenvalue weighted by molar-refractivity contribution is 4.89. The molecule has 1 fully saturated rings. The Morgan fingerprint density at radius 1 is 1.21 bits per heavy atom. The van der Waals surface area contributed by atoms with E-state index in [1.807, 2.05) is 6.92 Å². The van der Waals surface area contributed by atoms with Gasteiger partial charge in [0.15, 0.2) is 0 Å². The van der Waals surface area contributed by atoms with Crippen molar-refractivity contribution >= 4 is 0 Å². The number of alkyl halides is 3. The van der Waals surface area contributed by atoms with Crippen LogP contribution in [0.25, 0.3) is 0 Å². The third-order valence-corrected chi connectivity index (χ3v) is 4.46. The lowest BCUT2D eigenvalue weighted by Gasteiger charge is -2.44. The van der Waals surface area contributed by atoms with Crippen LogP contribution in [0.3, 0.4) is 0 Å². The van der Waals surface area contributed by atoms with Crippen LogP contribution in [0.2, 0.25) is 0 Å². The molecular weight excluding hydrogens is 253 g/mol. The number of likely N-dealkylation sites (N-methyl/N-ethyl adjacent to an activating group) is 1. The lowest BCUT2D eigenvalue weighted by Crippen LogP contribution is -2.53. The summed E-state index contributed by atoms with van der Waals surface area (Å²) in [6.07, 6.45) is -0.291. The molecule has 1 saturated carbocycles. The molecule has 0 aromatic heterocycles. The van der Waals surface area contributed by atoms with E-state index in [1.165, 1.54) is 19.3 Å². The summed E-state index contributed by atoms with van der Waals surface area (Å²) in [5, 5.41) is 0. The van der Waals surface area contributed by atoms with Crippen LogP contribution in [0, 0.1) is 5.92 Å². The van der Waals surface area contributed by atoms with Gasteiger partial charge in [-0.1, -0.05) is 13.3 Å². The van der Waals surface area contributed by atoms with Gasteiger partial charge in [-0.3, -0.25) is 4.90 Å². The Hall–Kier alpha value is -0.290. The van der Waals surface area contributed by atoms with Crippen LogP contribution in [-0.4, -0.2) is 36.2 Å². The van der Waals surface area contributed by atoms with Crippen LogP contribution in [0.15, 0.2) is 0 Å². The molecule has 0 amide bonds. The number of nitrogens with two attached hydrogens (primary N) is 1. The van der Waals surface area contributed by atoms with Crippen molar-refractivity contribution in [3.63, 3.8) is 0 Å². The predicted molar refractivity (Wildman–Crippen MR) is 72.0 cm³/mol. The van der Waals surface area contributed by atoms with Crippen molar-refractivity contribution in [3.05, 3.63) is 0 Å². The lowest BCUT2D eigenvalue weighted by molar-refractivity contribution is -0.137. The Kier molecular flexibility index (Phi) is 6.12. The maximum absolute atomic E-state index is 12.2. The highest BCUT2D eigenvalue weighted by Crippen LogP contribution is 2.32. The highest BCUT2D eigenvalue weighted by atomic mass is 19.4. The topological polar surface area (TPSA) is 29.3 Å². The summed E-state index contributed by atoms with van der Waals surface area (Å²) in [4.78, 5) is 2.28. The minimum Gasteiger partial charge on any atom is -0.329 e. The fourth-order valence-corrected chi connectivity index (χ4v) is 2.78. The zero-order valence-corrected chi connectivity index (χ0v) is 12.1. The van der Waals surface area contributed by atoms with Crippen LogP contribution in [0.1, 0.15) is 52.4 Å². The molecule has 0 spiro atoms. The van der Waals surface area contributed by atoms with Gasteiger partial charge in [0.25, 0.3) is 0 Å². The molecule has 0 aromatic carbocycles. The highest BCUT2D eigenvalue weighted by Gasteiger charge is 2.34. The van der Waals surface area contributed by atoms with Gasteiger partial charge >= 0.3 is 6.18 Å². The minimum absolute atomic E-state index is 0.165. The molecule has 114 valence electrons. The van der Waals surface area contributed by atoms with Crippen LogP contribution in [-0.2, 0) is 0 Å². The van der Waals surface area contributed by atoms with E-state index in [1.54, 1.807) is 0 Å². The number of rotatable bonds is 8. The molecular formula is C14H27F3N2. The Balaban J connectivity index is 2.49. The quantitative estimate of drug-likeness (QED) is 0.736. The smallest absolute Gasteiger partial charge is 0.329 e. The molecule has 0 radical (unpaired) electrons. The number of halogens is 3. The SMILES string of the molecule is CCN(CC1CCC1)C(C)(CN)CCCC(F)(F)F. The fraction of sp³-hybridized carbons (Fsp3) is 1.00. The second kappa shape index (κ2) is 6.93. The second-order valence-corrected chi connectivity index (χ2v) is 6.01. The van der Waals surface area contributed by atoms with Crippen LogP contribution < -0.4 is 5.73 Å². The van der Waals surface area contributed by atoms with Gasteiger partial charge < -0.3 is 5.73 Å². The van der Waals surface area contributed by atoms with E-state index in [4.69, 9.17) is 5.73 Å². The maximum atomic E-state index is 12.2. The van der Waals surface area contributed by atoms with E-state index in [2.05, 4.69) is 11.8 Å². The first-order chi connectivity index (χ1) is 8.80. The van der Waals surface area contributed by atoms with Gasteiger partial charge in [-0.25, -0.2) is 0 Å². The summed E-state index contributed by atoms with van der Waals surface area (Å²) in [5.74, 6) is 0.716. The summed E-state index contributed by atoms with van der Waals surface area (Å²) in [6, 6.07) is 0. The molecule has 2 N–H and O–H groups in total. The van der Waals surface area contributed by atoms with Gasteiger partial charge in [-0.05, 0) is 45.1 Å². The Labute approximate surface area is 114 Å². The summed E-state index contributed by atoms with van der Waals surface area (Å²) < 4.78 is 36.7. The average Bonchev–Trinajstić information content (AvgIpc) is 2.25. The summed E-state index contributed by atoms with van der Waals surface area (Å²) in [5.41, 5.74) is 5.55. The zero-order valence-electron chi connectivity index (χ0n) is 12.1. The Morgan fingerprint density at radius 2 is 1.84 bits per heavy atom. The first kappa shape index (κ1) is 16.8. The number of hydrogen-bond acceptors (Lipinski definition) is 2. The van der Waals surface area contributed by atoms with E-state index in [9.17, 15) is 13.2 Å². The fourth-order valence-electron chi connectivity index (χ4n) is 2.78. The number of nitrogens with zero attached hydrogens (tertiary/aromatic N) is 1. The molecule has 1 atom stereocenters. The van der Waals surface area contributed by atoms with E-state index >= 15 is 0 Å². The van der Waals surface area contributed by atoms with E-state index in [-0.39, 0.29) is 12.0 Å². The summed E-state index contributed by atoms with van der Waals surface area (Å²) in [6.45, 7) is 6.33. The molecule has 0 aliphatic heterocycles. The van der Waals surface area contributed by atoms with Crippen molar-refractivity contribution in [2.24, 2.45) is 11.7 Å². The van der Waals surface area contributed by atoms with Crippen molar-refractivity contribution in [1.29, 1.82) is 0 Å². The molecule has 0 heterocycles. The van der Waals surface area contributed by atoms with E-state index < -0.39 is 12.6 Å². The average molecular weight is 280 g/mol. The predicted octanol–water partition coefficient (Wildman–Crippen LogP) is 3.56. The van der Waals surface area contributed by atoms with Gasteiger partial charge in [0.1, 0.15) is 0 Å². The maximum Gasteiger partial charge on any atom is 0.389 e. The van der Waals surface area contributed by atoms with Crippen molar-refractivity contribution in [2.75, 3.05) is 19.6 Å². The first-order valence-corrected chi connectivity index (χ1v) is 7.32. The van der Waals surface area contributed by atoms with Crippen molar-refractivity contribution in [2.45, 2.75) is 64.1 Å². The first-order valence-electron chi connectivity index (χ1n) is 7.32. The van der Waals surface area contributed by atoms with E-state index in [0.717, 1.165) is 13.1 Å². The van der Waals surface area contributed by atoms with E-state index in [0.29, 0.717) is 18.9 Å². The van der Waals surface area contributed by atoms with Gasteiger partial charge in [0.05, 0.1) is 0 Å². The molecule has 0 aromatic rings. The zero-order chi connectivity index (χ0) is 14.5. The minimum atomic E-state index is -4.06. The normalized spacial score (nSPS) is 20.4. The molecule has 0 saturated heterocycles. The van der Waals surface area contributed by atoms with Gasteiger partial charge in [-0.2, -0.15) is 13.2 Å². The lowest BCUT2D eigenvalue weighted by atomic mass is 9.83. The third kappa shape index (κ3) is 5.30. The van der Waals surface area contributed by atoms with Crippen molar-refractivity contribution in [1.82, 2.24) is 4.90 Å². The van der Waals surface area contributed by atoms with Crippen LogP contribution in [0.5, 0.6) is 0 Å². The van der Waals surface area contributed by atoms with Crippen LogP contribution in [0.4, 0.5) is 13.2 Å². The molecule has 1 aliphatic carbocycles.